The van der Waals surface area contributed by atoms with Gasteiger partial charge in [-0.15, -0.1) is 0 Å². The van der Waals surface area contributed by atoms with E-state index in [0.29, 0.717) is 0 Å². The Labute approximate surface area is 122 Å². The number of hydrogen-bond acceptors (Lipinski definition) is 4. The van der Waals surface area contributed by atoms with Crippen molar-refractivity contribution in [3.8, 4) is 0 Å². The number of nitrogens with zero attached hydrogens (tertiary/aromatic N) is 3. The molecule has 4 heteroatoms. The van der Waals surface area contributed by atoms with E-state index in [-0.39, 0.29) is 0 Å². The maximum absolute atomic E-state index is 4.73. The summed E-state index contributed by atoms with van der Waals surface area (Å²) in [7, 11) is 2.20. The summed E-state index contributed by atoms with van der Waals surface area (Å²) < 4.78 is 0. The highest BCUT2D eigenvalue weighted by molar-refractivity contribution is 5.47. The minimum absolute atomic E-state index is 0.760. The van der Waals surface area contributed by atoms with Gasteiger partial charge in [0.25, 0.3) is 0 Å². The van der Waals surface area contributed by atoms with Crippen molar-refractivity contribution in [3.05, 3.63) is 23.4 Å². The highest BCUT2D eigenvalue weighted by Crippen LogP contribution is 2.22. The van der Waals surface area contributed by atoms with Crippen molar-refractivity contribution in [3.63, 3.8) is 0 Å². The Kier molecular flexibility index (Phi) is 4.22. The van der Waals surface area contributed by atoms with Gasteiger partial charge in [-0.25, -0.2) is 4.98 Å². The third kappa shape index (κ3) is 3.49. The zero-order chi connectivity index (χ0) is 13.9. The third-order valence-corrected chi connectivity index (χ3v) is 4.30. The van der Waals surface area contributed by atoms with E-state index in [2.05, 4.69) is 35.2 Å². The lowest BCUT2D eigenvalue weighted by atomic mass is 10.2. The van der Waals surface area contributed by atoms with Crippen molar-refractivity contribution in [1.29, 1.82) is 0 Å². The van der Waals surface area contributed by atoms with Crippen molar-refractivity contribution in [2.45, 2.75) is 38.8 Å². The van der Waals surface area contributed by atoms with Gasteiger partial charge < -0.3 is 15.1 Å². The van der Waals surface area contributed by atoms with E-state index < -0.39 is 0 Å². The molecule has 0 unspecified atom stereocenters. The van der Waals surface area contributed by atoms with Gasteiger partial charge in [-0.1, -0.05) is 0 Å². The zero-order valence-corrected chi connectivity index (χ0v) is 12.7. The fraction of sp³-hybridized carbons (Fsp3) is 0.688. The van der Waals surface area contributed by atoms with Gasteiger partial charge in [-0.2, -0.15) is 0 Å². The van der Waals surface area contributed by atoms with E-state index in [1.807, 2.05) is 6.20 Å². The quantitative estimate of drug-likeness (QED) is 0.907. The van der Waals surface area contributed by atoms with E-state index in [0.717, 1.165) is 32.2 Å². The highest BCUT2D eigenvalue weighted by Gasteiger charge is 2.20. The molecule has 2 heterocycles. The molecule has 0 amide bonds. The second-order valence-corrected chi connectivity index (χ2v) is 6.28. The van der Waals surface area contributed by atoms with Crippen LogP contribution in [0.15, 0.2) is 12.3 Å². The number of rotatable bonds is 4. The summed E-state index contributed by atoms with van der Waals surface area (Å²) in [4.78, 5) is 9.58. The first-order valence-corrected chi connectivity index (χ1v) is 7.85. The molecule has 110 valence electrons. The lowest BCUT2D eigenvalue weighted by Gasteiger charge is -2.23. The highest BCUT2D eigenvalue weighted by atomic mass is 15.2. The molecule has 1 aromatic rings. The lowest BCUT2D eigenvalue weighted by molar-refractivity contribution is 0.360. The van der Waals surface area contributed by atoms with Gasteiger partial charge in [0.2, 0.25) is 0 Å². The summed E-state index contributed by atoms with van der Waals surface area (Å²) in [6, 6.07) is 3.06. The van der Waals surface area contributed by atoms with Crippen LogP contribution in [0.25, 0.3) is 0 Å². The number of aromatic nitrogens is 1. The van der Waals surface area contributed by atoms with Crippen LogP contribution in [0, 0.1) is 6.92 Å². The fourth-order valence-electron chi connectivity index (χ4n) is 2.86. The Morgan fingerprint density at radius 1 is 1.25 bits per heavy atom. The molecule has 2 fully saturated rings. The molecule has 4 nitrogen and oxygen atoms in total. The first-order valence-electron chi connectivity index (χ1n) is 7.85. The Bertz CT molecular complexity index is 456. The first-order chi connectivity index (χ1) is 9.72. The molecular formula is C16H26N4. The third-order valence-electron chi connectivity index (χ3n) is 4.30. The molecule has 0 radical (unpaired) electrons. The topological polar surface area (TPSA) is 31.4 Å². The van der Waals surface area contributed by atoms with Gasteiger partial charge in [-0.3, -0.25) is 0 Å². The molecule has 0 atom stereocenters. The van der Waals surface area contributed by atoms with E-state index in [9.17, 15) is 0 Å². The van der Waals surface area contributed by atoms with Crippen molar-refractivity contribution in [2.75, 3.05) is 38.1 Å². The second-order valence-electron chi connectivity index (χ2n) is 6.28. The van der Waals surface area contributed by atoms with Crippen LogP contribution in [0.1, 0.15) is 30.4 Å². The molecule has 0 spiro atoms. The van der Waals surface area contributed by atoms with Crippen molar-refractivity contribution >= 4 is 5.82 Å². The van der Waals surface area contributed by atoms with Gasteiger partial charge in [0, 0.05) is 38.4 Å². The molecule has 1 N–H and O–H groups in total. The van der Waals surface area contributed by atoms with Crippen LogP contribution in [0.3, 0.4) is 0 Å². The molecule has 2 aliphatic rings. The fourth-order valence-corrected chi connectivity index (χ4v) is 2.86. The summed E-state index contributed by atoms with van der Waals surface area (Å²) in [6.07, 6.45) is 5.95. The predicted octanol–water partition coefficient (Wildman–Crippen LogP) is 1.78. The molecule has 1 aliphatic heterocycles. The average molecular weight is 274 g/mol. The van der Waals surface area contributed by atoms with Crippen LogP contribution in [0.4, 0.5) is 5.82 Å². The van der Waals surface area contributed by atoms with Gasteiger partial charge >= 0.3 is 0 Å². The lowest BCUT2D eigenvalue weighted by Crippen LogP contribution is -2.30. The normalized spacial score (nSPS) is 21.0. The Morgan fingerprint density at radius 3 is 2.85 bits per heavy atom. The maximum Gasteiger partial charge on any atom is 0.131 e. The number of aryl methyl sites for hydroxylation is 1. The molecule has 3 rings (SSSR count). The van der Waals surface area contributed by atoms with Gasteiger partial charge in [-0.05, 0) is 57.0 Å². The van der Waals surface area contributed by atoms with Crippen LogP contribution in [-0.2, 0) is 6.54 Å². The number of hydrogen-bond donors (Lipinski definition) is 1. The molecular weight excluding hydrogens is 248 g/mol. The summed E-state index contributed by atoms with van der Waals surface area (Å²) in [5.41, 5.74) is 2.62. The van der Waals surface area contributed by atoms with E-state index in [1.54, 1.807) is 0 Å². The second kappa shape index (κ2) is 6.10. The van der Waals surface area contributed by atoms with E-state index in [1.165, 1.54) is 42.8 Å². The van der Waals surface area contributed by atoms with Crippen LogP contribution in [0.5, 0.6) is 0 Å². The number of nitrogens with one attached hydrogen (secondary N) is 1. The Balaban J connectivity index is 1.66. The standard InChI is InChI=1S/C16H26N4/c1-13-10-14(11-17-15-4-5-15)12-18-16(13)20-7-3-6-19(2)8-9-20/h10,12,15,17H,3-9,11H2,1-2H3. The van der Waals surface area contributed by atoms with Crippen LogP contribution >= 0.6 is 0 Å². The minimum atomic E-state index is 0.760. The number of likely N-dealkylation sites (N-methyl/N-ethyl adjacent to an activating group) is 1. The first kappa shape index (κ1) is 13.8. The Hall–Kier alpha value is -1.13. The molecule has 0 aromatic carbocycles. The van der Waals surface area contributed by atoms with Crippen molar-refractivity contribution in [1.82, 2.24) is 15.2 Å². The van der Waals surface area contributed by atoms with Crippen LogP contribution < -0.4 is 10.2 Å². The monoisotopic (exact) mass is 274 g/mol. The summed E-state index contributed by atoms with van der Waals surface area (Å²) in [6.45, 7) is 7.69. The molecule has 1 saturated heterocycles. The SMILES string of the molecule is Cc1cc(CNC2CC2)cnc1N1CCCN(C)CC1. The minimum Gasteiger partial charge on any atom is -0.355 e. The molecule has 0 bridgehead atoms. The van der Waals surface area contributed by atoms with Crippen molar-refractivity contribution in [2.24, 2.45) is 0 Å². The largest absolute Gasteiger partial charge is 0.355 e. The van der Waals surface area contributed by atoms with Gasteiger partial charge in [0.15, 0.2) is 0 Å². The maximum atomic E-state index is 4.73. The zero-order valence-electron chi connectivity index (χ0n) is 12.7. The van der Waals surface area contributed by atoms with Crippen LogP contribution in [-0.4, -0.2) is 49.2 Å². The summed E-state index contributed by atoms with van der Waals surface area (Å²) in [5.74, 6) is 1.18. The molecule has 1 aliphatic carbocycles. The number of anilines is 1. The molecule has 20 heavy (non-hydrogen) atoms. The summed E-state index contributed by atoms with van der Waals surface area (Å²) in [5, 5.41) is 3.55. The summed E-state index contributed by atoms with van der Waals surface area (Å²) >= 11 is 0. The number of pyridine rings is 1. The van der Waals surface area contributed by atoms with E-state index >= 15 is 0 Å². The van der Waals surface area contributed by atoms with Crippen molar-refractivity contribution < 1.29 is 0 Å². The Morgan fingerprint density at radius 2 is 2.10 bits per heavy atom. The molecule has 1 saturated carbocycles. The van der Waals surface area contributed by atoms with Gasteiger partial charge in [0.1, 0.15) is 5.82 Å². The molecule has 1 aromatic heterocycles. The predicted molar refractivity (Wildman–Crippen MR) is 83.2 cm³/mol. The van der Waals surface area contributed by atoms with E-state index in [4.69, 9.17) is 4.98 Å². The average Bonchev–Trinajstić information content (AvgIpc) is 3.25. The smallest absolute Gasteiger partial charge is 0.131 e. The van der Waals surface area contributed by atoms with Gasteiger partial charge in [0.05, 0.1) is 0 Å². The van der Waals surface area contributed by atoms with Crippen LogP contribution in [0.2, 0.25) is 0 Å².